The Labute approximate surface area is 126 Å². The summed E-state index contributed by atoms with van der Waals surface area (Å²) in [5, 5.41) is 8.78. The summed E-state index contributed by atoms with van der Waals surface area (Å²) in [4.78, 5) is 23.6. The zero-order chi connectivity index (χ0) is 14.1. The van der Waals surface area contributed by atoms with Crippen molar-refractivity contribution in [2.75, 3.05) is 33.3 Å². The third-order valence-electron chi connectivity index (χ3n) is 3.43. The number of nitrogens with one attached hydrogen (secondary N) is 3. The van der Waals surface area contributed by atoms with E-state index in [2.05, 4.69) is 16.0 Å². The average Bonchev–Trinajstić information content (AvgIpc) is 2.45. The fourth-order valence-electron chi connectivity index (χ4n) is 2.16. The Morgan fingerprint density at radius 2 is 1.85 bits per heavy atom. The first kappa shape index (κ1) is 19.1. The minimum atomic E-state index is -0.731. The van der Waals surface area contributed by atoms with E-state index in [1.807, 2.05) is 6.92 Å². The number of carbonyl (C=O) groups is 2. The van der Waals surface area contributed by atoms with Gasteiger partial charge in [-0.1, -0.05) is 6.92 Å². The lowest BCUT2D eigenvalue weighted by Crippen LogP contribution is -2.54. The molecular formula is C13H26ClN3O3. The van der Waals surface area contributed by atoms with Crippen LogP contribution in [0.1, 0.15) is 32.6 Å². The smallest absolute Gasteiger partial charge is 0.252 e. The maximum absolute atomic E-state index is 12.2. The molecule has 1 saturated heterocycles. The summed E-state index contributed by atoms with van der Waals surface area (Å²) in [6, 6.07) is 0. The largest absolute Gasteiger partial charge is 0.368 e. The summed E-state index contributed by atoms with van der Waals surface area (Å²) in [6.07, 6.45) is 2.55. The van der Waals surface area contributed by atoms with E-state index in [1.165, 1.54) is 0 Å². The number of amides is 2. The van der Waals surface area contributed by atoms with Crippen LogP contribution < -0.4 is 16.0 Å². The van der Waals surface area contributed by atoms with Crippen LogP contribution in [0.2, 0.25) is 0 Å². The zero-order valence-electron chi connectivity index (χ0n) is 12.3. The van der Waals surface area contributed by atoms with Crippen molar-refractivity contribution in [3.63, 3.8) is 0 Å². The van der Waals surface area contributed by atoms with Gasteiger partial charge in [-0.2, -0.15) is 0 Å². The van der Waals surface area contributed by atoms with Crippen LogP contribution in [0.4, 0.5) is 0 Å². The molecule has 0 aromatic heterocycles. The molecule has 7 heteroatoms. The second kappa shape index (κ2) is 9.96. The van der Waals surface area contributed by atoms with E-state index in [0.29, 0.717) is 32.4 Å². The molecular weight excluding hydrogens is 282 g/mol. The van der Waals surface area contributed by atoms with Crippen LogP contribution in [0, 0.1) is 0 Å². The van der Waals surface area contributed by atoms with Crippen LogP contribution in [0.15, 0.2) is 0 Å². The van der Waals surface area contributed by atoms with Gasteiger partial charge in [-0.3, -0.25) is 9.59 Å². The molecule has 0 saturated carbocycles. The van der Waals surface area contributed by atoms with Crippen LogP contribution in [-0.4, -0.2) is 50.7 Å². The van der Waals surface area contributed by atoms with Crippen molar-refractivity contribution in [3.05, 3.63) is 0 Å². The Kier molecular flexibility index (Phi) is 9.54. The number of ether oxygens (including phenoxy) is 1. The van der Waals surface area contributed by atoms with Gasteiger partial charge in [-0.15, -0.1) is 12.4 Å². The third-order valence-corrected chi connectivity index (χ3v) is 3.43. The maximum Gasteiger partial charge on any atom is 0.252 e. The van der Waals surface area contributed by atoms with Crippen molar-refractivity contribution in [2.45, 2.75) is 38.2 Å². The summed E-state index contributed by atoms with van der Waals surface area (Å²) < 4.78 is 5.41. The Morgan fingerprint density at radius 3 is 2.40 bits per heavy atom. The quantitative estimate of drug-likeness (QED) is 0.628. The highest BCUT2D eigenvalue weighted by atomic mass is 35.5. The summed E-state index contributed by atoms with van der Waals surface area (Å²) >= 11 is 0. The highest BCUT2D eigenvalue weighted by molar-refractivity contribution is 5.86. The van der Waals surface area contributed by atoms with Crippen molar-refractivity contribution in [3.8, 4) is 0 Å². The molecule has 0 unspecified atom stereocenters. The van der Waals surface area contributed by atoms with Crippen LogP contribution in [0.5, 0.6) is 0 Å². The first-order valence-electron chi connectivity index (χ1n) is 6.95. The molecule has 1 aliphatic rings. The predicted molar refractivity (Wildman–Crippen MR) is 80.0 cm³/mol. The molecule has 0 bridgehead atoms. The minimum Gasteiger partial charge on any atom is -0.368 e. The van der Waals surface area contributed by atoms with E-state index in [0.717, 1.165) is 19.5 Å². The lowest BCUT2D eigenvalue weighted by atomic mass is 9.91. The average molecular weight is 308 g/mol. The molecule has 3 N–H and O–H groups in total. The van der Waals surface area contributed by atoms with Crippen molar-refractivity contribution in [2.24, 2.45) is 0 Å². The van der Waals surface area contributed by atoms with Crippen molar-refractivity contribution >= 4 is 24.2 Å². The Hall–Kier alpha value is -0.850. The number of halogens is 1. The zero-order valence-corrected chi connectivity index (χ0v) is 13.1. The molecule has 1 rings (SSSR count). The molecule has 1 aliphatic heterocycles. The predicted octanol–water partition coefficient (Wildman–Crippen LogP) is 0.209. The first-order chi connectivity index (χ1) is 9.14. The number of methoxy groups -OCH3 is 1. The van der Waals surface area contributed by atoms with Gasteiger partial charge in [-0.05, 0) is 32.4 Å². The molecule has 118 valence electrons. The van der Waals surface area contributed by atoms with Crippen molar-refractivity contribution < 1.29 is 14.3 Å². The molecule has 0 aliphatic carbocycles. The van der Waals surface area contributed by atoms with Gasteiger partial charge in [0.15, 0.2) is 0 Å². The van der Waals surface area contributed by atoms with Gasteiger partial charge >= 0.3 is 0 Å². The normalized spacial score (nSPS) is 16.9. The number of piperidine rings is 1. The molecule has 2 amide bonds. The highest BCUT2D eigenvalue weighted by Crippen LogP contribution is 2.22. The monoisotopic (exact) mass is 307 g/mol. The van der Waals surface area contributed by atoms with Gasteiger partial charge in [0.05, 0.1) is 0 Å². The number of carbonyl (C=O) groups excluding carboxylic acids is 2. The summed E-state index contributed by atoms with van der Waals surface area (Å²) in [5.41, 5.74) is -0.731. The van der Waals surface area contributed by atoms with Crippen LogP contribution in [0.25, 0.3) is 0 Å². The minimum absolute atomic E-state index is 0. The SMILES string of the molecule is CCCNC(=O)CCNC(=O)C1(OC)CCNCC1.Cl. The molecule has 0 spiro atoms. The second-order valence-electron chi connectivity index (χ2n) is 4.80. The molecule has 20 heavy (non-hydrogen) atoms. The highest BCUT2D eigenvalue weighted by Gasteiger charge is 2.39. The van der Waals surface area contributed by atoms with Crippen molar-refractivity contribution in [1.82, 2.24) is 16.0 Å². The fourth-order valence-corrected chi connectivity index (χ4v) is 2.16. The Morgan fingerprint density at radius 1 is 1.20 bits per heavy atom. The van der Waals surface area contributed by atoms with Crippen LogP contribution in [0.3, 0.4) is 0 Å². The van der Waals surface area contributed by atoms with Crippen LogP contribution >= 0.6 is 12.4 Å². The summed E-state index contributed by atoms with van der Waals surface area (Å²) in [5.74, 6) is -0.140. The summed E-state index contributed by atoms with van der Waals surface area (Å²) in [6.45, 7) is 4.59. The standard InChI is InChI=1S/C13H25N3O3.ClH/c1-3-7-15-11(17)4-8-16-12(18)13(19-2)5-9-14-10-6-13;/h14H,3-10H2,1-2H3,(H,15,17)(H,16,18);1H. The fraction of sp³-hybridized carbons (Fsp3) is 0.846. The molecule has 6 nitrogen and oxygen atoms in total. The van der Waals surface area contributed by atoms with Gasteiger partial charge in [0.2, 0.25) is 5.91 Å². The molecule has 0 radical (unpaired) electrons. The lowest BCUT2D eigenvalue weighted by molar-refractivity contribution is -0.146. The second-order valence-corrected chi connectivity index (χ2v) is 4.80. The molecule has 0 aromatic carbocycles. The third kappa shape index (κ3) is 5.64. The summed E-state index contributed by atoms with van der Waals surface area (Å²) in [7, 11) is 1.57. The maximum atomic E-state index is 12.2. The Balaban J connectivity index is 0.00000361. The molecule has 0 atom stereocenters. The van der Waals surface area contributed by atoms with E-state index in [-0.39, 0.29) is 24.2 Å². The van der Waals surface area contributed by atoms with Crippen molar-refractivity contribution in [1.29, 1.82) is 0 Å². The van der Waals surface area contributed by atoms with E-state index < -0.39 is 5.60 Å². The van der Waals surface area contributed by atoms with Gasteiger partial charge in [0.1, 0.15) is 5.60 Å². The topological polar surface area (TPSA) is 79.5 Å². The van der Waals surface area contributed by atoms with E-state index in [4.69, 9.17) is 4.74 Å². The van der Waals surface area contributed by atoms with Gasteiger partial charge < -0.3 is 20.7 Å². The number of rotatable bonds is 7. The van der Waals surface area contributed by atoms with Gasteiger partial charge in [0, 0.05) is 26.6 Å². The number of hydrogen-bond donors (Lipinski definition) is 3. The van der Waals surface area contributed by atoms with Gasteiger partial charge in [0.25, 0.3) is 5.91 Å². The Bertz CT molecular complexity index is 307. The van der Waals surface area contributed by atoms with E-state index in [1.54, 1.807) is 7.11 Å². The molecule has 1 heterocycles. The first-order valence-corrected chi connectivity index (χ1v) is 6.95. The number of hydrogen-bond acceptors (Lipinski definition) is 4. The van der Waals surface area contributed by atoms with Crippen LogP contribution in [-0.2, 0) is 14.3 Å². The van der Waals surface area contributed by atoms with Gasteiger partial charge in [-0.25, -0.2) is 0 Å². The molecule has 1 fully saturated rings. The lowest BCUT2D eigenvalue weighted by Gasteiger charge is -2.34. The van der Waals surface area contributed by atoms with E-state index in [9.17, 15) is 9.59 Å². The molecule has 0 aromatic rings. The van der Waals surface area contributed by atoms with E-state index >= 15 is 0 Å².